The molecule has 0 aliphatic carbocycles. The highest BCUT2D eigenvalue weighted by molar-refractivity contribution is 8.13. The summed E-state index contributed by atoms with van der Waals surface area (Å²) in [5.41, 5.74) is 3.27. The van der Waals surface area contributed by atoms with Crippen LogP contribution >= 0.6 is 11.8 Å². The van der Waals surface area contributed by atoms with Crippen LogP contribution in [0.1, 0.15) is 28.4 Å². The zero-order valence-electron chi connectivity index (χ0n) is 20.0. The lowest BCUT2D eigenvalue weighted by atomic mass is 10.1. The number of amidine groups is 1. The van der Waals surface area contributed by atoms with Crippen LogP contribution in [0, 0.1) is 0 Å². The van der Waals surface area contributed by atoms with Crippen LogP contribution < -0.4 is 9.47 Å². The predicted molar refractivity (Wildman–Crippen MR) is 138 cm³/mol. The largest absolute Gasteiger partial charge is 0.497 e. The Morgan fingerprint density at radius 1 is 0.824 bits per heavy atom. The second-order valence-corrected chi connectivity index (χ2v) is 8.62. The van der Waals surface area contributed by atoms with Crippen molar-refractivity contribution in [2.75, 3.05) is 27.1 Å². The van der Waals surface area contributed by atoms with Crippen molar-refractivity contribution in [3.05, 3.63) is 89.5 Å². The molecule has 0 unspecified atom stereocenters. The van der Waals surface area contributed by atoms with Crippen LogP contribution in [0.2, 0.25) is 0 Å². The topological polar surface area (TPSA) is 60.4 Å². The normalized spacial score (nSPS) is 11.1. The molecule has 3 aromatic carbocycles. The van der Waals surface area contributed by atoms with E-state index in [2.05, 4.69) is 36.1 Å². The Balaban J connectivity index is 2.00. The standard InChI is InChI=1S/C27H30N2O4S/c1-5-34-27(28-25-9-7-6-8-24(25)26(30)33-4)29(18-20-10-14-22(31-2)15-11-20)19-21-12-16-23(32-3)17-13-21/h6-17H,5,18-19H2,1-4H3. The van der Waals surface area contributed by atoms with E-state index in [-0.39, 0.29) is 0 Å². The second-order valence-electron chi connectivity index (χ2n) is 7.39. The highest BCUT2D eigenvalue weighted by Gasteiger charge is 2.17. The number of benzene rings is 3. The number of ether oxygens (including phenoxy) is 3. The lowest BCUT2D eigenvalue weighted by Gasteiger charge is -2.26. The fraction of sp³-hybridized carbons (Fsp3) is 0.259. The molecule has 0 atom stereocenters. The molecule has 6 nitrogen and oxygen atoms in total. The fourth-order valence-electron chi connectivity index (χ4n) is 3.37. The molecule has 0 aliphatic heterocycles. The lowest BCUT2D eigenvalue weighted by Crippen LogP contribution is -2.28. The van der Waals surface area contributed by atoms with E-state index >= 15 is 0 Å². The Labute approximate surface area is 205 Å². The van der Waals surface area contributed by atoms with Crippen molar-refractivity contribution in [3.63, 3.8) is 0 Å². The fourth-order valence-corrected chi connectivity index (χ4v) is 4.11. The van der Waals surface area contributed by atoms with Crippen LogP contribution in [-0.2, 0) is 17.8 Å². The van der Waals surface area contributed by atoms with Crippen molar-refractivity contribution in [1.82, 2.24) is 4.90 Å². The predicted octanol–water partition coefficient (Wildman–Crippen LogP) is 5.93. The van der Waals surface area contributed by atoms with E-state index < -0.39 is 5.97 Å². The molecule has 0 fully saturated rings. The Kier molecular flexibility index (Phi) is 9.40. The first-order valence-corrected chi connectivity index (χ1v) is 12.0. The average Bonchev–Trinajstić information content (AvgIpc) is 2.88. The Morgan fingerprint density at radius 2 is 1.35 bits per heavy atom. The molecule has 0 saturated carbocycles. The maximum Gasteiger partial charge on any atom is 0.340 e. The molecule has 34 heavy (non-hydrogen) atoms. The molecule has 0 amide bonds. The van der Waals surface area contributed by atoms with Crippen LogP contribution in [0.5, 0.6) is 11.5 Å². The number of aliphatic imine (C=N–C) groups is 1. The second kappa shape index (κ2) is 12.7. The molecule has 0 aromatic heterocycles. The molecule has 0 spiro atoms. The lowest BCUT2D eigenvalue weighted by molar-refractivity contribution is 0.0601. The highest BCUT2D eigenvalue weighted by atomic mass is 32.2. The highest BCUT2D eigenvalue weighted by Crippen LogP contribution is 2.26. The molecule has 0 aliphatic rings. The number of hydrogen-bond acceptors (Lipinski definition) is 6. The Bertz CT molecular complexity index is 1050. The van der Waals surface area contributed by atoms with E-state index in [4.69, 9.17) is 19.2 Å². The molecule has 0 heterocycles. The van der Waals surface area contributed by atoms with E-state index in [1.807, 2.05) is 42.5 Å². The SMILES string of the molecule is CCSC(=Nc1ccccc1C(=O)OC)N(Cc1ccc(OC)cc1)Cc1ccc(OC)cc1. The first-order chi connectivity index (χ1) is 16.6. The monoisotopic (exact) mass is 478 g/mol. The van der Waals surface area contributed by atoms with Gasteiger partial charge < -0.3 is 19.1 Å². The summed E-state index contributed by atoms with van der Waals surface area (Å²) in [5.74, 6) is 2.06. The third-order valence-electron chi connectivity index (χ3n) is 5.13. The van der Waals surface area contributed by atoms with Gasteiger partial charge in [0.25, 0.3) is 0 Å². The summed E-state index contributed by atoms with van der Waals surface area (Å²) in [6, 6.07) is 23.3. The molecule has 0 radical (unpaired) electrons. The minimum Gasteiger partial charge on any atom is -0.497 e. The number of nitrogens with zero attached hydrogens (tertiary/aromatic N) is 2. The molecule has 3 rings (SSSR count). The molecule has 7 heteroatoms. The van der Waals surface area contributed by atoms with Gasteiger partial charge in [0.2, 0.25) is 0 Å². The Hall–Kier alpha value is -3.45. The van der Waals surface area contributed by atoms with Gasteiger partial charge in [-0.2, -0.15) is 0 Å². The molecular formula is C27H30N2O4S. The number of hydrogen-bond donors (Lipinski definition) is 0. The molecule has 0 saturated heterocycles. The first kappa shape index (κ1) is 25.2. The van der Waals surface area contributed by atoms with Gasteiger partial charge in [0.1, 0.15) is 11.5 Å². The number of carbonyl (C=O) groups excluding carboxylic acids is 1. The third kappa shape index (κ3) is 6.78. The average molecular weight is 479 g/mol. The maximum atomic E-state index is 12.3. The summed E-state index contributed by atoms with van der Waals surface area (Å²) in [4.78, 5) is 19.5. The van der Waals surface area contributed by atoms with Gasteiger partial charge in [0, 0.05) is 13.1 Å². The molecule has 0 bridgehead atoms. The van der Waals surface area contributed by atoms with Gasteiger partial charge in [0.15, 0.2) is 5.17 Å². The number of methoxy groups -OCH3 is 3. The van der Waals surface area contributed by atoms with E-state index in [0.717, 1.165) is 33.5 Å². The smallest absolute Gasteiger partial charge is 0.340 e. The van der Waals surface area contributed by atoms with E-state index in [1.165, 1.54) is 7.11 Å². The van der Waals surface area contributed by atoms with Gasteiger partial charge in [-0.25, -0.2) is 9.79 Å². The zero-order chi connectivity index (χ0) is 24.3. The molecule has 3 aromatic rings. The van der Waals surface area contributed by atoms with Gasteiger partial charge in [0.05, 0.1) is 32.6 Å². The summed E-state index contributed by atoms with van der Waals surface area (Å²) >= 11 is 1.64. The van der Waals surface area contributed by atoms with Crippen LogP contribution in [0.15, 0.2) is 77.8 Å². The summed E-state index contributed by atoms with van der Waals surface area (Å²) in [6.07, 6.45) is 0. The van der Waals surface area contributed by atoms with Gasteiger partial charge in [-0.05, 0) is 53.3 Å². The minimum atomic E-state index is -0.406. The van der Waals surface area contributed by atoms with Crippen LogP contribution in [0.25, 0.3) is 0 Å². The van der Waals surface area contributed by atoms with Crippen molar-refractivity contribution in [2.45, 2.75) is 20.0 Å². The number of esters is 1. The maximum absolute atomic E-state index is 12.3. The zero-order valence-corrected chi connectivity index (χ0v) is 20.8. The van der Waals surface area contributed by atoms with E-state index in [9.17, 15) is 4.79 Å². The van der Waals surface area contributed by atoms with Crippen LogP contribution in [0.4, 0.5) is 5.69 Å². The molecule has 178 valence electrons. The van der Waals surface area contributed by atoms with Crippen molar-refractivity contribution < 1.29 is 19.0 Å². The quantitative estimate of drug-likeness (QED) is 0.216. The van der Waals surface area contributed by atoms with Crippen molar-refractivity contribution in [3.8, 4) is 11.5 Å². The van der Waals surface area contributed by atoms with Crippen molar-refractivity contribution >= 4 is 28.6 Å². The van der Waals surface area contributed by atoms with E-state index in [0.29, 0.717) is 24.3 Å². The summed E-state index contributed by atoms with van der Waals surface area (Å²) < 4.78 is 15.6. The van der Waals surface area contributed by atoms with Crippen molar-refractivity contribution in [1.29, 1.82) is 0 Å². The van der Waals surface area contributed by atoms with Crippen LogP contribution in [0.3, 0.4) is 0 Å². The third-order valence-corrected chi connectivity index (χ3v) is 6.03. The number of carbonyl (C=O) groups is 1. The van der Waals surface area contributed by atoms with E-state index in [1.54, 1.807) is 32.0 Å². The van der Waals surface area contributed by atoms with Crippen LogP contribution in [-0.4, -0.2) is 43.1 Å². The summed E-state index contributed by atoms with van der Waals surface area (Å²) in [7, 11) is 4.70. The Morgan fingerprint density at radius 3 is 1.82 bits per heavy atom. The number of para-hydroxylation sites is 1. The van der Waals surface area contributed by atoms with Gasteiger partial charge >= 0.3 is 5.97 Å². The summed E-state index contributed by atoms with van der Waals surface area (Å²) in [6.45, 7) is 3.37. The number of rotatable bonds is 9. The molecular weight excluding hydrogens is 448 g/mol. The summed E-state index contributed by atoms with van der Waals surface area (Å²) in [5, 5.41) is 0.825. The van der Waals surface area contributed by atoms with Gasteiger partial charge in [-0.3, -0.25) is 0 Å². The number of thioether (sulfide) groups is 1. The van der Waals surface area contributed by atoms with Crippen molar-refractivity contribution in [2.24, 2.45) is 4.99 Å². The molecule has 0 N–H and O–H groups in total. The van der Waals surface area contributed by atoms with Gasteiger partial charge in [-0.1, -0.05) is 55.1 Å². The van der Waals surface area contributed by atoms with Gasteiger partial charge in [-0.15, -0.1) is 0 Å². The minimum absolute atomic E-state index is 0.406. The first-order valence-electron chi connectivity index (χ1n) is 11.0.